The first-order valence-electron chi connectivity index (χ1n) is 8.16. The summed E-state index contributed by atoms with van der Waals surface area (Å²) in [6, 6.07) is 8.20. The molecule has 2 aliphatic rings. The number of fused-ring (bicyclic) bond motifs is 1. The smallest absolute Gasteiger partial charge is 0.329 e. The summed E-state index contributed by atoms with van der Waals surface area (Å²) >= 11 is 1.11. The van der Waals surface area contributed by atoms with Crippen LogP contribution < -0.4 is 10.2 Å². The number of carbonyl (C=O) groups is 2. The van der Waals surface area contributed by atoms with E-state index in [9.17, 15) is 18.0 Å². The van der Waals surface area contributed by atoms with Crippen LogP contribution in [0, 0.1) is 6.92 Å². The van der Waals surface area contributed by atoms with E-state index in [1.54, 1.807) is 35.7 Å². The highest BCUT2D eigenvalue weighted by Gasteiger charge is 2.52. The Morgan fingerprint density at radius 1 is 1.15 bits per heavy atom. The zero-order chi connectivity index (χ0) is 18.5. The number of hydrogen-bond donors (Lipinski definition) is 1. The van der Waals surface area contributed by atoms with Crippen LogP contribution in [0.3, 0.4) is 0 Å². The second-order valence-electron chi connectivity index (χ2n) is 6.35. The minimum Gasteiger partial charge on any atom is -0.332 e. The van der Waals surface area contributed by atoms with Crippen molar-refractivity contribution in [1.29, 1.82) is 0 Å². The third-order valence-electron chi connectivity index (χ3n) is 4.69. The fourth-order valence-corrected chi connectivity index (χ4v) is 6.15. The molecule has 1 aromatic heterocycles. The number of carbonyl (C=O) groups excluding carboxylic acids is 2. The number of nitrogens with zero attached hydrogens (tertiary/aromatic N) is 2. The number of benzene rings is 1. The Bertz CT molecular complexity index is 954. The molecule has 0 radical (unpaired) electrons. The Morgan fingerprint density at radius 2 is 1.88 bits per heavy atom. The molecule has 7 nitrogen and oxygen atoms in total. The lowest BCUT2D eigenvalue weighted by molar-refractivity contribution is -0.122. The molecule has 1 aromatic carbocycles. The molecule has 2 aromatic rings. The predicted molar refractivity (Wildman–Crippen MR) is 97.6 cm³/mol. The van der Waals surface area contributed by atoms with Gasteiger partial charge in [0.15, 0.2) is 0 Å². The fourth-order valence-electron chi connectivity index (χ4n) is 3.40. The summed E-state index contributed by atoms with van der Waals surface area (Å²) in [4.78, 5) is 26.6. The lowest BCUT2D eigenvalue weighted by Crippen LogP contribution is -2.64. The van der Waals surface area contributed by atoms with Crippen molar-refractivity contribution in [3.05, 3.63) is 47.3 Å². The van der Waals surface area contributed by atoms with Crippen LogP contribution in [0.4, 0.5) is 10.5 Å². The molecule has 3 amide bonds. The van der Waals surface area contributed by atoms with Crippen molar-refractivity contribution in [2.24, 2.45) is 0 Å². The van der Waals surface area contributed by atoms with Gasteiger partial charge in [-0.05, 0) is 36.9 Å². The van der Waals surface area contributed by atoms with Crippen molar-refractivity contribution in [3.8, 4) is 0 Å². The van der Waals surface area contributed by atoms with E-state index in [1.165, 1.54) is 10.4 Å². The quantitative estimate of drug-likeness (QED) is 0.866. The minimum atomic E-state index is -3.78. The largest absolute Gasteiger partial charge is 0.332 e. The van der Waals surface area contributed by atoms with Gasteiger partial charge in [-0.25, -0.2) is 18.1 Å². The SMILES string of the molecule is Cc1ccc(N2C(=O)N[C@@H]3CCN(S(=O)(=O)c4cccs4)[C@H]3C2=O)cc1. The number of aryl methyl sites for hydroxylation is 1. The van der Waals surface area contributed by atoms with Gasteiger partial charge in [-0.1, -0.05) is 23.8 Å². The highest BCUT2D eigenvalue weighted by Crippen LogP contribution is 2.33. The van der Waals surface area contributed by atoms with E-state index in [2.05, 4.69) is 5.32 Å². The molecule has 26 heavy (non-hydrogen) atoms. The zero-order valence-corrected chi connectivity index (χ0v) is 15.6. The van der Waals surface area contributed by atoms with Crippen LogP contribution in [0.2, 0.25) is 0 Å². The Kier molecular flexibility index (Phi) is 4.09. The fraction of sp³-hybridized carbons (Fsp3) is 0.294. The van der Waals surface area contributed by atoms with Crippen LogP contribution in [-0.2, 0) is 14.8 Å². The average molecular weight is 391 g/mol. The number of hydrogen-bond acceptors (Lipinski definition) is 5. The van der Waals surface area contributed by atoms with Gasteiger partial charge in [0.1, 0.15) is 10.3 Å². The molecule has 0 spiro atoms. The maximum absolute atomic E-state index is 13.1. The Morgan fingerprint density at radius 3 is 2.54 bits per heavy atom. The number of nitrogens with one attached hydrogen (secondary N) is 1. The third-order valence-corrected chi connectivity index (χ3v) is 7.94. The van der Waals surface area contributed by atoms with Crippen molar-refractivity contribution >= 4 is 39.0 Å². The Labute approximate surface area is 155 Å². The standard InChI is InChI=1S/C17H17N3O4S2/c1-11-4-6-12(7-5-11)20-16(21)15-13(18-17(20)22)8-9-19(15)26(23,24)14-3-2-10-25-14/h2-7,10,13,15H,8-9H2,1H3,(H,18,22)/t13-,15-/m1/s1. The van der Waals surface area contributed by atoms with E-state index in [0.717, 1.165) is 21.8 Å². The molecule has 2 atom stereocenters. The van der Waals surface area contributed by atoms with E-state index < -0.39 is 34.0 Å². The molecule has 3 heterocycles. The molecular formula is C17H17N3O4S2. The zero-order valence-electron chi connectivity index (χ0n) is 14.0. The average Bonchev–Trinajstić information content (AvgIpc) is 3.26. The molecule has 2 fully saturated rings. The molecular weight excluding hydrogens is 374 g/mol. The van der Waals surface area contributed by atoms with Crippen LogP contribution in [0.1, 0.15) is 12.0 Å². The maximum atomic E-state index is 13.1. The van der Waals surface area contributed by atoms with Gasteiger partial charge in [0, 0.05) is 6.54 Å². The van der Waals surface area contributed by atoms with Gasteiger partial charge in [-0.2, -0.15) is 4.31 Å². The molecule has 136 valence electrons. The lowest BCUT2D eigenvalue weighted by Gasteiger charge is -2.36. The molecule has 2 saturated heterocycles. The van der Waals surface area contributed by atoms with Crippen LogP contribution >= 0.6 is 11.3 Å². The van der Waals surface area contributed by atoms with Crippen molar-refractivity contribution < 1.29 is 18.0 Å². The number of anilines is 1. The van der Waals surface area contributed by atoms with E-state index in [1.807, 2.05) is 6.92 Å². The van der Waals surface area contributed by atoms with Gasteiger partial charge >= 0.3 is 6.03 Å². The van der Waals surface area contributed by atoms with Gasteiger partial charge in [0.2, 0.25) is 0 Å². The summed E-state index contributed by atoms with van der Waals surface area (Å²) in [5.74, 6) is -0.514. The number of rotatable bonds is 3. The summed E-state index contributed by atoms with van der Waals surface area (Å²) < 4.78 is 27.3. The van der Waals surface area contributed by atoms with Crippen molar-refractivity contribution in [2.45, 2.75) is 29.6 Å². The van der Waals surface area contributed by atoms with E-state index in [0.29, 0.717) is 12.1 Å². The third kappa shape index (κ3) is 2.63. The highest BCUT2D eigenvalue weighted by atomic mass is 32.2. The summed E-state index contributed by atoms with van der Waals surface area (Å²) in [6.45, 7) is 2.10. The molecule has 1 N–H and O–H groups in total. The first-order chi connectivity index (χ1) is 12.4. The molecule has 0 aliphatic carbocycles. The summed E-state index contributed by atoms with van der Waals surface area (Å²) in [7, 11) is -3.78. The molecule has 0 bridgehead atoms. The highest BCUT2D eigenvalue weighted by molar-refractivity contribution is 7.91. The monoisotopic (exact) mass is 391 g/mol. The first-order valence-corrected chi connectivity index (χ1v) is 10.5. The van der Waals surface area contributed by atoms with Gasteiger partial charge in [-0.15, -0.1) is 11.3 Å². The predicted octanol–water partition coefficient (Wildman–Crippen LogP) is 1.94. The van der Waals surface area contributed by atoms with Gasteiger partial charge in [0.25, 0.3) is 15.9 Å². The number of imide groups is 1. The number of thiophene rings is 1. The van der Waals surface area contributed by atoms with Crippen LogP contribution in [0.25, 0.3) is 0 Å². The van der Waals surface area contributed by atoms with Crippen molar-refractivity contribution in [3.63, 3.8) is 0 Å². The van der Waals surface area contributed by atoms with Crippen molar-refractivity contribution in [1.82, 2.24) is 9.62 Å². The Hall–Kier alpha value is -2.23. The second kappa shape index (κ2) is 6.19. The summed E-state index contributed by atoms with van der Waals surface area (Å²) in [5.41, 5.74) is 1.43. The second-order valence-corrected chi connectivity index (χ2v) is 9.41. The molecule has 2 aliphatic heterocycles. The topological polar surface area (TPSA) is 86.8 Å². The van der Waals surface area contributed by atoms with Crippen LogP contribution in [0.15, 0.2) is 46.0 Å². The van der Waals surface area contributed by atoms with E-state index >= 15 is 0 Å². The van der Waals surface area contributed by atoms with Gasteiger partial charge in [0.05, 0.1) is 11.7 Å². The van der Waals surface area contributed by atoms with E-state index in [-0.39, 0.29) is 10.8 Å². The molecule has 0 unspecified atom stereocenters. The van der Waals surface area contributed by atoms with E-state index in [4.69, 9.17) is 0 Å². The number of sulfonamides is 1. The maximum Gasteiger partial charge on any atom is 0.329 e. The molecule has 9 heteroatoms. The Balaban J connectivity index is 1.71. The van der Waals surface area contributed by atoms with Crippen LogP contribution in [0.5, 0.6) is 0 Å². The van der Waals surface area contributed by atoms with Gasteiger partial charge < -0.3 is 5.32 Å². The molecule has 4 rings (SSSR count). The lowest BCUT2D eigenvalue weighted by atomic mass is 10.1. The molecule has 0 saturated carbocycles. The number of urea groups is 1. The first kappa shape index (κ1) is 17.2. The number of amides is 3. The van der Waals surface area contributed by atoms with Gasteiger partial charge in [-0.3, -0.25) is 4.79 Å². The van der Waals surface area contributed by atoms with Crippen molar-refractivity contribution in [2.75, 3.05) is 11.4 Å². The minimum absolute atomic E-state index is 0.198. The summed E-state index contributed by atoms with van der Waals surface area (Å²) in [5, 5.41) is 4.47. The normalized spacial score (nSPS) is 23.8. The summed E-state index contributed by atoms with van der Waals surface area (Å²) in [6.07, 6.45) is 0.411. The van der Waals surface area contributed by atoms with Crippen LogP contribution in [-0.4, -0.2) is 43.3 Å².